The van der Waals surface area contributed by atoms with E-state index in [9.17, 15) is 8.78 Å². The van der Waals surface area contributed by atoms with Gasteiger partial charge in [-0.05, 0) is 51.2 Å². The molecule has 1 rings (SSSR count). The zero-order valence-corrected chi connectivity index (χ0v) is 10.3. The quantitative estimate of drug-likeness (QED) is 0.403. The Bertz CT molecular complexity index is 315. The summed E-state index contributed by atoms with van der Waals surface area (Å²) in [5.41, 5.74) is 0. The highest BCUT2D eigenvalue weighted by molar-refractivity contribution is 14.1. The molecule has 0 N–H and O–H groups in total. The van der Waals surface area contributed by atoms with Crippen LogP contribution in [0.25, 0.3) is 0 Å². The first-order valence-corrected chi connectivity index (χ1v) is 5.10. The first kappa shape index (κ1) is 10.4. The van der Waals surface area contributed by atoms with Gasteiger partial charge in [0.15, 0.2) is 11.6 Å². The third kappa shape index (κ3) is 1.81. The SMILES string of the molecule is COc1c(I)cc(F)c(F)c1I. The van der Waals surface area contributed by atoms with Crippen LogP contribution in [0.3, 0.4) is 0 Å². The lowest BCUT2D eigenvalue weighted by atomic mass is 10.3. The maximum absolute atomic E-state index is 12.9. The van der Waals surface area contributed by atoms with Crippen molar-refractivity contribution in [3.05, 3.63) is 24.8 Å². The van der Waals surface area contributed by atoms with Crippen LogP contribution in [-0.2, 0) is 0 Å². The second-order valence-electron chi connectivity index (χ2n) is 2.00. The summed E-state index contributed by atoms with van der Waals surface area (Å²) in [5, 5.41) is 0. The minimum absolute atomic E-state index is 0.180. The van der Waals surface area contributed by atoms with E-state index in [2.05, 4.69) is 0 Å². The fourth-order valence-corrected chi connectivity index (χ4v) is 2.78. The highest BCUT2D eigenvalue weighted by Gasteiger charge is 2.15. The van der Waals surface area contributed by atoms with Crippen LogP contribution < -0.4 is 4.74 Å². The summed E-state index contributed by atoms with van der Waals surface area (Å²) in [4.78, 5) is 0. The fourth-order valence-electron chi connectivity index (χ4n) is 0.737. The molecule has 0 heterocycles. The molecular formula is C7H4F2I2O. The van der Waals surface area contributed by atoms with Crippen molar-refractivity contribution in [3.8, 4) is 5.75 Å². The average Bonchev–Trinajstić information content (AvgIpc) is 2.01. The van der Waals surface area contributed by atoms with Crippen molar-refractivity contribution in [2.24, 2.45) is 0 Å². The van der Waals surface area contributed by atoms with Crippen molar-refractivity contribution >= 4 is 45.2 Å². The number of benzene rings is 1. The molecule has 1 nitrogen and oxygen atoms in total. The zero-order chi connectivity index (χ0) is 9.30. The maximum Gasteiger partial charge on any atom is 0.175 e. The fraction of sp³-hybridized carbons (Fsp3) is 0.143. The lowest BCUT2D eigenvalue weighted by molar-refractivity contribution is 0.398. The van der Waals surface area contributed by atoms with Gasteiger partial charge in [0.2, 0.25) is 0 Å². The minimum atomic E-state index is -0.854. The van der Waals surface area contributed by atoms with E-state index in [0.717, 1.165) is 6.07 Å². The Balaban J connectivity index is 3.40. The molecule has 0 amide bonds. The molecule has 0 aromatic heterocycles. The summed E-state index contributed by atoms with van der Waals surface area (Å²) >= 11 is 3.60. The molecule has 0 spiro atoms. The van der Waals surface area contributed by atoms with Gasteiger partial charge in [-0.25, -0.2) is 8.78 Å². The monoisotopic (exact) mass is 396 g/mol. The number of rotatable bonds is 1. The van der Waals surface area contributed by atoms with Crippen LogP contribution in [0.1, 0.15) is 0 Å². The van der Waals surface area contributed by atoms with Gasteiger partial charge in [-0.15, -0.1) is 0 Å². The first-order chi connectivity index (χ1) is 5.57. The molecule has 0 aliphatic carbocycles. The van der Waals surface area contributed by atoms with Crippen molar-refractivity contribution in [2.75, 3.05) is 7.11 Å². The van der Waals surface area contributed by atoms with Crippen molar-refractivity contribution in [1.82, 2.24) is 0 Å². The van der Waals surface area contributed by atoms with E-state index in [1.165, 1.54) is 7.11 Å². The van der Waals surface area contributed by atoms with Crippen LogP contribution >= 0.6 is 45.2 Å². The molecule has 66 valence electrons. The van der Waals surface area contributed by atoms with Crippen LogP contribution in [0.4, 0.5) is 8.78 Å². The molecule has 0 fully saturated rings. The molecule has 5 heteroatoms. The van der Waals surface area contributed by atoms with E-state index < -0.39 is 11.6 Å². The maximum atomic E-state index is 12.9. The molecule has 0 atom stereocenters. The predicted octanol–water partition coefficient (Wildman–Crippen LogP) is 3.18. The van der Waals surface area contributed by atoms with E-state index >= 15 is 0 Å². The zero-order valence-electron chi connectivity index (χ0n) is 6.00. The van der Waals surface area contributed by atoms with Gasteiger partial charge in [0.1, 0.15) is 5.75 Å². The summed E-state index contributed by atoms with van der Waals surface area (Å²) in [6, 6.07) is 1.11. The smallest absolute Gasteiger partial charge is 0.175 e. The number of ether oxygens (including phenoxy) is 1. The second kappa shape index (κ2) is 4.03. The molecule has 0 bridgehead atoms. The molecule has 1 aromatic rings. The van der Waals surface area contributed by atoms with Crippen LogP contribution in [-0.4, -0.2) is 7.11 Å². The number of hydrogen-bond donors (Lipinski definition) is 0. The van der Waals surface area contributed by atoms with Crippen LogP contribution in [0.2, 0.25) is 0 Å². The van der Waals surface area contributed by atoms with Crippen molar-refractivity contribution in [2.45, 2.75) is 0 Å². The summed E-state index contributed by atoms with van der Waals surface area (Å²) in [5.74, 6) is -1.31. The number of methoxy groups -OCH3 is 1. The molecule has 12 heavy (non-hydrogen) atoms. The van der Waals surface area contributed by atoms with E-state index in [1.807, 2.05) is 22.6 Å². The van der Waals surface area contributed by atoms with Crippen molar-refractivity contribution < 1.29 is 13.5 Å². The number of hydrogen-bond acceptors (Lipinski definition) is 1. The van der Waals surface area contributed by atoms with Crippen LogP contribution in [0.5, 0.6) is 5.75 Å². The molecule has 1 aromatic carbocycles. The highest BCUT2D eigenvalue weighted by Crippen LogP contribution is 2.30. The van der Waals surface area contributed by atoms with Gasteiger partial charge in [0.05, 0.1) is 14.3 Å². The molecule has 0 aliphatic rings. The Morgan fingerprint density at radius 3 is 2.42 bits per heavy atom. The molecule has 0 radical (unpaired) electrons. The molecule has 0 aliphatic heterocycles. The van der Waals surface area contributed by atoms with Gasteiger partial charge < -0.3 is 4.74 Å². The van der Waals surface area contributed by atoms with Gasteiger partial charge in [0.25, 0.3) is 0 Å². The Hall–Kier alpha value is 0.340. The van der Waals surface area contributed by atoms with Crippen LogP contribution in [0, 0.1) is 18.8 Å². The Labute approximate surface area is 95.8 Å². The van der Waals surface area contributed by atoms with Gasteiger partial charge in [-0.1, -0.05) is 0 Å². The summed E-state index contributed by atoms with van der Waals surface area (Å²) in [6.45, 7) is 0. The second-order valence-corrected chi connectivity index (χ2v) is 4.24. The molecule has 0 saturated carbocycles. The standard InChI is InChI=1S/C7H4F2I2O/c1-12-7-4(10)2-3(8)5(9)6(7)11/h2H,1H3. The van der Waals surface area contributed by atoms with Crippen LogP contribution in [0.15, 0.2) is 6.07 Å². The normalized spacial score (nSPS) is 10.1. The predicted molar refractivity (Wildman–Crippen MR) is 58.3 cm³/mol. The Morgan fingerprint density at radius 1 is 1.33 bits per heavy atom. The topological polar surface area (TPSA) is 9.23 Å². The van der Waals surface area contributed by atoms with E-state index in [-0.39, 0.29) is 3.57 Å². The Morgan fingerprint density at radius 2 is 1.92 bits per heavy atom. The largest absolute Gasteiger partial charge is 0.494 e. The van der Waals surface area contributed by atoms with Crippen molar-refractivity contribution in [1.29, 1.82) is 0 Å². The van der Waals surface area contributed by atoms with E-state index in [4.69, 9.17) is 4.74 Å². The van der Waals surface area contributed by atoms with Crippen molar-refractivity contribution in [3.63, 3.8) is 0 Å². The van der Waals surface area contributed by atoms with Gasteiger partial charge in [-0.2, -0.15) is 0 Å². The van der Waals surface area contributed by atoms with E-state index in [0.29, 0.717) is 9.32 Å². The summed E-state index contributed by atoms with van der Waals surface area (Å²) < 4.78 is 31.2. The third-order valence-electron chi connectivity index (χ3n) is 1.28. The molecule has 0 unspecified atom stereocenters. The number of halogens is 4. The van der Waals surface area contributed by atoms with Gasteiger partial charge in [-0.3, -0.25) is 0 Å². The summed E-state index contributed by atoms with van der Waals surface area (Å²) in [6.07, 6.45) is 0. The van der Waals surface area contributed by atoms with E-state index in [1.54, 1.807) is 22.6 Å². The third-order valence-corrected chi connectivity index (χ3v) is 3.04. The lowest BCUT2D eigenvalue weighted by Gasteiger charge is -2.06. The van der Waals surface area contributed by atoms with Gasteiger partial charge >= 0.3 is 0 Å². The Kier molecular flexibility index (Phi) is 3.50. The molecule has 0 saturated heterocycles. The highest BCUT2D eigenvalue weighted by atomic mass is 127. The summed E-state index contributed by atoms with van der Waals surface area (Å²) in [7, 11) is 1.43. The molecular weight excluding hydrogens is 392 g/mol. The lowest BCUT2D eigenvalue weighted by Crippen LogP contribution is -1.97. The van der Waals surface area contributed by atoms with Gasteiger partial charge in [0, 0.05) is 0 Å². The first-order valence-electron chi connectivity index (χ1n) is 2.95. The minimum Gasteiger partial charge on any atom is -0.494 e. The average molecular weight is 396 g/mol.